The van der Waals surface area contributed by atoms with Gasteiger partial charge < -0.3 is 14.8 Å². The van der Waals surface area contributed by atoms with Gasteiger partial charge in [-0.2, -0.15) is 13.9 Å². The van der Waals surface area contributed by atoms with Gasteiger partial charge in [-0.25, -0.2) is 9.48 Å². The number of aromatic nitrogens is 2. The van der Waals surface area contributed by atoms with Gasteiger partial charge in [0, 0.05) is 37.7 Å². The molecular weight excluding hydrogens is 472 g/mol. The molecule has 2 amide bonds. The van der Waals surface area contributed by atoms with Crippen LogP contribution in [-0.2, 0) is 11.5 Å². The average Bonchev–Trinajstić information content (AvgIpc) is 3.14. The lowest BCUT2D eigenvalue weighted by atomic mass is 10.1. The number of aliphatic imine (C=N–C) groups is 1. The summed E-state index contributed by atoms with van der Waals surface area (Å²) in [4.78, 5) is 18.1. The average molecular weight is 498 g/mol. The molecule has 178 valence electrons. The normalized spacial score (nSPS) is 13.6. The number of hydrogen-bond acceptors (Lipinski definition) is 5. The van der Waals surface area contributed by atoms with Crippen molar-refractivity contribution >= 4 is 37.6 Å². The number of benzene rings is 1. The fourth-order valence-electron chi connectivity index (χ4n) is 2.98. The molecular formula is C21H26ClF2N5O3Si. The predicted octanol–water partition coefficient (Wildman–Crippen LogP) is 5.51. The van der Waals surface area contributed by atoms with Crippen LogP contribution in [0.15, 0.2) is 41.7 Å². The van der Waals surface area contributed by atoms with E-state index in [1.165, 1.54) is 34.0 Å². The molecule has 0 unspecified atom stereocenters. The topological polar surface area (TPSA) is 81.0 Å². The van der Waals surface area contributed by atoms with E-state index >= 15 is 0 Å². The van der Waals surface area contributed by atoms with Crippen LogP contribution in [0.1, 0.15) is 0 Å². The van der Waals surface area contributed by atoms with Crippen LogP contribution >= 0.6 is 11.6 Å². The molecule has 1 aliphatic heterocycles. The van der Waals surface area contributed by atoms with Crippen molar-refractivity contribution in [2.24, 2.45) is 4.99 Å². The molecule has 1 aliphatic rings. The molecule has 8 nitrogen and oxygen atoms in total. The number of nitrogens with zero attached hydrogens (tertiary/aromatic N) is 4. The van der Waals surface area contributed by atoms with Gasteiger partial charge in [-0.3, -0.25) is 9.89 Å². The number of nitrogens with one attached hydrogen (secondary N) is 1. The zero-order valence-corrected chi connectivity index (χ0v) is 20.4. The predicted molar refractivity (Wildman–Crippen MR) is 127 cm³/mol. The van der Waals surface area contributed by atoms with Gasteiger partial charge in [-0.05, 0) is 30.3 Å². The molecule has 0 saturated heterocycles. The summed E-state index contributed by atoms with van der Waals surface area (Å²) in [5, 5.41) is 7.38. The molecule has 1 aromatic heterocycles. The molecule has 3 rings (SSSR count). The first-order chi connectivity index (χ1) is 15.6. The van der Waals surface area contributed by atoms with Crippen LogP contribution in [0.4, 0.5) is 19.3 Å². The minimum absolute atomic E-state index is 0.0597. The fourth-order valence-corrected chi connectivity index (χ4v) is 3.91. The summed E-state index contributed by atoms with van der Waals surface area (Å²) in [6, 6.07) is 4.77. The molecule has 2 heterocycles. The summed E-state index contributed by atoms with van der Waals surface area (Å²) in [5.41, 5.74) is 0.869. The number of hydrogen-bond donors (Lipinski definition) is 1. The Bertz CT molecular complexity index is 1040. The van der Waals surface area contributed by atoms with Gasteiger partial charge >= 0.3 is 12.6 Å². The Hall–Kier alpha value is -2.76. The maximum Gasteiger partial charge on any atom is 0.387 e. The Morgan fingerprint density at radius 1 is 1.33 bits per heavy atom. The van der Waals surface area contributed by atoms with Gasteiger partial charge in [0.15, 0.2) is 0 Å². The monoisotopic (exact) mass is 497 g/mol. The van der Waals surface area contributed by atoms with Crippen molar-refractivity contribution in [3.05, 3.63) is 41.7 Å². The lowest BCUT2D eigenvalue weighted by Crippen LogP contribution is -2.31. The zero-order chi connectivity index (χ0) is 24.0. The number of carbonyl (C=O) groups is 1. The van der Waals surface area contributed by atoms with Gasteiger partial charge in [0.05, 0.1) is 17.6 Å². The molecule has 0 fully saturated rings. The summed E-state index contributed by atoms with van der Waals surface area (Å²) in [7, 11) is -1.30. The molecule has 1 aromatic carbocycles. The first kappa shape index (κ1) is 24.9. The van der Waals surface area contributed by atoms with E-state index in [1.807, 2.05) is 0 Å². The van der Waals surface area contributed by atoms with Crippen LogP contribution in [0.3, 0.4) is 0 Å². The highest BCUT2D eigenvalue weighted by atomic mass is 35.5. The van der Waals surface area contributed by atoms with E-state index in [0.29, 0.717) is 17.3 Å². The molecule has 1 N–H and O–H groups in total. The van der Waals surface area contributed by atoms with Crippen molar-refractivity contribution < 1.29 is 23.0 Å². The number of anilines is 1. The summed E-state index contributed by atoms with van der Waals surface area (Å²) in [5.74, 6) is -0.101. The van der Waals surface area contributed by atoms with Crippen molar-refractivity contribution in [3.63, 3.8) is 0 Å². The number of ether oxygens (including phenoxy) is 2. The van der Waals surface area contributed by atoms with Gasteiger partial charge in [0.25, 0.3) is 0 Å². The second-order valence-corrected chi connectivity index (χ2v) is 14.5. The van der Waals surface area contributed by atoms with Crippen molar-refractivity contribution in [3.8, 4) is 17.0 Å². The number of halogens is 3. The first-order valence-corrected chi connectivity index (χ1v) is 14.3. The quantitative estimate of drug-likeness (QED) is 0.366. The Balaban J connectivity index is 1.93. The molecule has 0 radical (unpaired) electrons. The highest BCUT2D eigenvalue weighted by Gasteiger charge is 2.23. The standard InChI is InChI=1S/C21H26ClF2N5O3Si/c1-33(2,3)10-9-31-14-29-19(16-11-15(22)5-6-18(16)32-20(23)24)17(12-26-29)27-21(30)28-8-4-7-25-13-28/h4-8,11-12,20H,9-10,13-14H2,1-3H3,(H,27,30). The third-order valence-corrected chi connectivity index (χ3v) is 6.60. The lowest BCUT2D eigenvalue weighted by Gasteiger charge is -2.20. The van der Waals surface area contributed by atoms with Gasteiger partial charge in [-0.1, -0.05) is 31.2 Å². The lowest BCUT2D eigenvalue weighted by molar-refractivity contribution is -0.0494. The zero-order valence-electron chi connectivity index (χ0n) is 18.6. The summed E-state index contributed by atoms with van der Waals surface area (Å²) >= 11 is 6.16. The van der Waals surface area contributed by atoms with E-state index in [1.54, 1.807) is 18.5 Å². The SMILES string of the molecule is C[Si](C)(C)CCOCn1ncc(NC(=O)N2C=CC=NC2)c1-c1cc(Cl)ccc1OC(F)F. The molecule has 0 saturated carbocycles. The van der Waals surface area contributed by atoms with Crippen LogP contribution in [0.2, 0.25) is 30.7 Å². The van der Waals surface area contributed by atoms with Gasteiger partial charge in [-0.15, -0.1) is 0 Å². The van der Waals surface area contributed by atoms with Gasteiger partial charge in [0.2, 0.25) is 0 Å². The first-order valence-electron chi connectivity index (χ1n) is 10.3. The largest absolute Gasteiger partial charge is 0.434 e. The fraction of sp³-hybridized carbons (Fsp3) is 0.381. The van der Waals surface area contributed by atoms with E-state index in [-0.39, 0.29) is 30.4 Å². The third-order valence-electron chi connectivity index (χ3n) is 4.66. The molecule has 33 heavy (non-hydrogen) atoms. The summed E-state index contributed by atoms with van der Waals surface area (Å²) < 4.78 is 38.1. The van der Waals surface area contributed by atoms with E-state index in [2.05, 4.69) is 35.0 Å². The van der Waals surface area contributed by atoms with Crippen molar-refractivity contribution in [1.29, 1.82) is 0 Å². The molecule has 12 heteroatoms. The number of alkyl halides is 2. The van der Waals surface area contributed by atoms with E-state index in [0.717, 1.165) is 6.04 Å². The maximum atomic E-state index is 13.1. The van der Waals surface area contributed by atoms with E-state index in [9.17, 15) is 13.6 Å². The van der Waals surface area contributed by atoms with Crippen molar-refractivity contribution in [2.45, 2.75) is 39.0 Å². The highest BCUT2D eigenvalue weighted by Crippen LogP contribution is 2.38. The van der Waals surface area contributed by atoms with E-state index < -0.39 is 20.7 Å². The van der Waals surface area contributed by atoms with Crippen LogP contribution in [0, 0.1) is 0 Å². The molecule has 0 aliphatic carbocycles. The molecule has 0 atom stereocenters. The second kappa shape index (κ2) is 10.9. The smallest absolute Gasteiger partial charge is 0.387 e. The number of allylic oxidation sites excluding steroid dienone is 1. The maximum absolute atomic E-state index is 13.1. The molecule has 0 spiro atoms. The number of carbonyl (C=O) groups excluding carboxylic acids is 1. The summed E-state index contributed by atoms with van der Waals surface area (Å²) in [6.45, 7) is 4.42. The second-order valence-electron chi connectivity index (χ2n) is 8.49. The number of rotatable bonds is 9. The minimum Gasteiger partial charge on any atom is -0.434 e. The number of amides is 2. The minimum atomic E-state index is -3.04. The Kier molecular flexibility index (Phi) is 8.22. The Morgan fingerprint density at radius 2 is 2.12 bits per heavy atom. The van der Waals surface area contributed by atoms with Crippen LogP contribution in [0.25, 0.3) is 11.3 Å². The van der Waals surface area contributed by atoms with Crippen LogP contribution in [0.5, 0.6) is 5.75 Å². The van der Waals surface area contributed by atoms with E-state index in [4.69, 9.17) is 21.1 Å². The molecule has 2 aromatic rings. The van der Waals surface area contributed by atoms with Crippen molar-refractivity contribution in [2.75, 3.05) is 18.6 Å². The Labute approximate surface area is 196 Å². The van der Waals surface area contributed by atoms with Crippen molar-refractivity contribution in [1.82, 2.24) is 14.7 Å². The van der Waals surface area contributed by atoms with Gasteiger partial charge in [0.1, 0.15) is 19.1 Å². The van der Waals surface area contributed by atoms with Crippen LogP contribution < -0.4 is 10.1 Å². The number of urea groups is 1. The molecule has 0 bridgehead atoms. The Morgan fingerprint density at radius 3 is 2.79 bits per heavy atom. The van der Waals surface area contributed by atoms with Crippen LogP contribution in [-0.4, -0.2) is 54.9 Å². The third kappa shape index (κ3) is 7.11. The summed E-state index contributed by atoms with van der Waals surface area (Å²) in [6.07, 6.45) is 6.23. The highest BCUT2D eigenvalue weighted by molar-refractivity contribution is 6.76.